The van der Waals surface area contributed by atoms with E-state index in [1.165, 1.54) is 0 Å². The van der Waals surface area contributed by atoms with E-state index in [2.05, 4.69) is 15.0 Å². The molecule has 0 bridgehead atoms. The molecule has 9 heavy (non-hydrogen) atoms. The summed E-state index contributed by atoms with van der Waals surface area (Å²) in [6.45, 7) is 1.91. The predicted molar refractivity (Wildman–Crippen MR) is 40.9 cm³/mol. The lowest BCUT2D eigenvalue weighted by Crippen LogP contribution is -2.27. The number of hydrogen-bond acceptors (Lipinski definition) is 3. The van der Waals surface area contributed by atoms with Gasteiger partial charge in [-0.25, -0.2) is 9.97 Å². The molecule has 0 aliphatic rings. The summed E-state index contributed by atoms with van der Waals surface area (Å²) in [6.07, 6.45) is 0. The quantitative estimate of drug-likeness (QED) is 0.364. The van der Waals surface area contributed by atoms with Gasteiger partial charge in [0.2, 0.25) is 0 Å². The van der Waals surface area contributed by atoms with E-state index in [0.717, 1.165) is 47.8 Å². The Kier molecular flexibility index (Phi) is 2.21. The monoisotopic (exact) mass is 151 g/mol. The lowest BCUT2D eigenvalue weighted by atomic mass is 10.7. The summed E-state index contributed by atoms with van der Waals surface area (Å²) in [4.78, 5) is 12.3. The van der Waals surface area contributed by atoms with Gasteiger partial charge in [0.15, 0.2) is 0 Å². The van der Waals surface area contributed by atoms with E-state index in [1.54, 1.807) is 0 Å². The van der Waals surface area contributed by atoms with Crippen LogP contribution < -0.4 is 9.37 Å². The third-order valence-electron chi connectivity index (χ3n) is 0.971. The van der Waals surface area contributed by atoms with Crippen molar-refractivity contribution in [3.63, 3.8) is 0 Å². The van der Waals surface area contributed by atoms with Crippen molar-refractivity contribution >= 4 is 42.0 Å². The second-order valence-electron chi connectivity index (χ2n) is 1.98. The van der Waals surface area contributed by atoms with Crippen LogP contribution in [0.4, 0.5) is 0 Å². The molecular weight excluding hydrogens is 144 g/mol. The Labute approximate surface area is 69.8 Å². The Hall–Kier alpha value is 0.0749. The average Bonchev–Trinajstić information content (AvgIpc) is 1.59. The highest BCUT2D eigenvalue weighted by Crippen LogP contribution is 1.70. The SMILES string of the molecule is Cc1n[c]([AlH2])n[c]([AlH2])n1. The minimum atomic E-state index is 0.861. The van der Waals surface area contributed by atoms with Crippen LogP contribution in [0.5, 0.6) is 0 Å². The van der Waals surface area contributed by atoms with Gasteiger partial charge in [0.05, 0.1) is 0 Å². The maximum atomic E-state index is 4.14. The second-order valence-corrected chi connectivity index (χ2v) is 3.77. The van der Waals surface area contributed by atoms with Gasteiger partial charge in [0.1, 0.15) is 5.82 Å². The Balaban J connectivity index is 3.17. The minimum Gasteiger partial charge on any atom is -0.260 e. The number of aryl methyl sites for hydroxylation is 1. The smallest absolute Gasteiger partial charge is 0.260 e. The Morgan fingerprint density at radius 2 is 1.44 bits per heavy atom. The fraction of sp³-hybridized carbons (Fsp3) is 0.250. The van der Waals surface area contributed by atoms with Crippen molar-refractivity contribution in [3.05, 3.63) is 5.82 Å². The largest absolute Gasteiger partial charge is 0.321 e. The average molecular weight is 151 g/mol. The zero-order valence-corrected chi connectivity index (χ0v) is 9.84. The van der Waals surface area contributed by atoms with E-state index < -0.39 is 0 Å². The first-order chi connectivity index (χ1) is 4.18. The van der Waals surface area contributed by atoms with Crippen molar-refractivity contribution in [2.45, 2.75) is 6.92 Å². The van der Waals surface area contributed by atoms with Crippen molar-refractivity contribution in [3.8, 4) is 0 Å². The van der Waals surface area contributed by atoms with Gasteiger partial charge in [-0.05, 0) is 6.92 Å². The van der Waals surface area contributed by atoms with Crippen LogP contribution in [0.25, 0.3) is 0 Å². The van der Waals surface area contributed by atoms with Crippen LogP contribution >= 0.6 is 0 Å². The van der Waals surface area contributed by atoms with Gasteiger partial charge in [0.25, 0.3) is 0 Å². The van der Waals surface area contributed by atoms with Crippen molar-refractivity contribution in [1.82, 2.24) is 15.0 Å². The highest BCUT2D eigenvalue weighted by molar-refractivity contribution is 6.32. The lowest BCUT2D eigenvalue weighted by molar-refractivity contribution is 1.04. The molecule has 0 atom stereocenters. The molecule has 3 nitrogen and oxygen atoms in total. The Morgan fingerprint density at radius 1 is 1.00 bits per heavy atom. The van der Waals surface area contributed by atoms with Crippen LogP contribution in [0.2, 0.25) is 0 Å². The van der Waals surface area contributed by atoms with Gasteiger partial charge in [-0.15, -0.1) is 0 Å². The Bertz CT molecular complexity index is 175. The maximum absolute atomic E-state index is 4.14. The maximum Gasteiger partial charge on any atom is 0.321 e. The molecule has 0 unspecified atom stereocenters. The van der Waals surface area contributed by atoms with Crippen molar-refractivity contribution in [2.75, 3.05) is 0 Å². The van der Waals surface area contributed by atoms with Crippen LogP contribution in [0.1, 0.15) is 5.82 Å². The molecule has 1 heterocycles. The first-order valence-electron chi connectivity index (χ1n) is 2.84. The van der Waals surface area contributed by atoms with Crippen LogP contribution in [-0.4, -0.2) is 47.5 Å². The fourth-order valence-electron chi connectivity index (χ4n) is 0.777. The molecule has 5 heteroatoms. The summed E-state index contributed by atoms with van der Waals surface area (Å²) >= 11 is 1.86. The van der Waals surface area contributed by atoms with Crippen molar-refractivity contribution in [1.29, 1.82) is 0 Å². The molecular formula is C4H7Al2N3. The van der Waals surface area contributed by atoms with Crippen LogP contribution in [0.3, 0.4) is 0 Å². The summed E-state index contributed by atoms with van der Waals surface area (Å²) in [5, 5.41) is 0. The molecule has 0 aliphatic heterocycles. The van der Waals surface area contributed by atoms with Gasteiger partial charge in [0, 0.05) is 9.37 Å². The number of rotatable bonds is 0. The van der Waals surface area contributed by atoms with Crippen LogP contribution in [0.15, 0.2) is 0 Å². The van der Waals surface area contributed by atoms with E-state index in [1.807, 2.05) is 6.92 Å². The zero-order chi connectivity index (χ0) is 6.85. The molecule has 0 saturated carbocycles. The molecule has 1 aromatic rings. The summed E-state index contributed by atoms with van der Waals surface area (Å²) in [5.74, 6) is 0.861. The summed E-state index contributed by atoms with van der Waals surface area (Å²) in [5.41, 5.74) is 0. The molecule has 0 fully saturated rings. The number of hydrogen-bond donors (Lipinski definition) is 0. The third-order valence-corrected chi connectivity index (χ3v) is 1.87. The second kappa shape index (κ2) is 2.77. The van der Waals surface area contributed by atoms with E-state index in [-0.39, 0.29) is 0 Å². The molecule has 1 aromatic heterocycles. The zero-order valence-electron chi connectivity index (χ0n) is 5.84. The van der Waals surface area contributed by atoms with Gasteiger partial charge in [-0.1, -0.05) is 0 Å². The van der Waals surface area contributed by atoms with Gasteiger partial charge >= 0.3 is 32.6 Å². The molecule has 44 valence electrons. The molecule has 1 rings (SSSR count). The van der Waals surface area contributed by atoms with Crippen LogP contribution in [0, 0.1) is 6.92 Å². The number of nitrogens with zero attached hydrogens (tertiary/aromatic N) is 3. The molecule has 0 radical (unpaired) electrons. The van der Waals surface area contributed by atoms with Gasteiger partial charge in [-0.3, -0.25) is 4.98 Å². The van der Waals surface area contributed by atoms with Crippen LogP contribution in [-0.2, 0) is 0 Å². The van der Waals surface area contributed by atoms with Crippen molar-refractivity contribution in [2.24, 2.45) is 0 Å². The highest BCUT2D eigenvalue weighted by atomic mass is 27.1. The normalized spacial score (nSPS) is 9.44. The first-order valence-corrected chi connectivity index (χ1v) is 4.84. The Morgan fingerprint density at radius 3 is 1.78 bits per heavy atom. The summed E-state index contributed by atoms with van der Waals surface area (Å²) < 4.78 is 1.93. The highest BCUT2D eigenvalue weighted by Gasteiger charge is 1.91. The molecule has 0 aliphatic carbocycles. The summed E-state index contributed by atoms with van der Waals surface area (Å²) in [6, 6.07) is 0. The molecule has 0 aromatic carbocycles. The van der Waals surface area contributed by atoms with E-state index in [9.17, 15) is 0 Å². The van der Waals surface area contributed by atoms with E-state index in [4.69, 9.17) is 0 Å². The van der Waals surface area contributed by atoms with Gasteiger partial charge in [-0.2, -0.15) is 0 Å². The lowest BCUT2D eigenvalue weighted by Gasteiger charge is -1.95. The standard InChI is InChI=1S/C4H3N3.2Al.4H/c1-4-6-2-5-3-7-4;;;;;;/h1H3;;;;;;. The summed E-state index contributed by atoms with van der Waals surface area (Å²) in [7, 11) is 0. The van der Waals surface area contributed by atoms with E-state index >= 15 is 0 Å². The molecule has 0 N–H and O–H groups in total. The van der Waals surface area contributed by atoms with Crippen molar-refractivity contribution < 1.29 is 0 Å². The topological polar surface area (TPSA) is 38.7 Å². The predicted octanol–water partition coefficient (Wildman–Crippen LogP) is -3.30. The fourth-order valence-corrected chi connectivity index (χ4v) is 2.52. The van der Waals surface area contributed by atoms with Gasteiger partial charge < -0.3 is 0 Å². The molecule has 0 amide bonds. The molecule has 0 saturated heterocycles. The third kappa shape index (κ3) is 2.04. The van der Waals surface area contributed by atoms with E-state index in [0.29, 0.717) is 0 Å². The minimum absolute atomic E-state index is 0.861. The number of aromatic nitrogens is 3. The molecule has 0 spiro atoms. The first kappa shape index (κ1) is 7.19.